The highest BCUT2D eigenvalue weighted by atomic mass is 16.7. The number of ether oxygens (including phenoxy) is 1. The molecule has 1 saturated heterocycles. The lowest BCUT2D eigenvalue weighted by molar-refractivity contribution is -0.140. The van der Waals surface area contributed by atoms with Crippen molar-refractivity contribution in [3.63, 3.8) is 0 Å². The number of hydrogen-bond donors (Lipinski definition) is 0. The molecule has 0 N–H and O–H groups in total. The molecule has 1 aliphatic heterocycles. The Balaban J connectivity index is 2.29. The van der Waals surface area contributed by atoms with Gasteiger partial charge >= 0.3 is 13.1 Å². The van der Waals surface area contributed by atoms with Crippen molar-refractivity contribution >= 4 is 13.1 Å². The van der Waals surface area contributed by atoms with Gasteiger partial charge in [-0.3, -0.25) is 4.79 Å². The molecular formula is C17H25BO4. The number of rotatable bonds is 4. The second-order valence-electron chi connectivity index (χ2n) is 6.92. The van der Waals surface area contributed by atoms with Crippen molar-refractivity contribution in [2.75, 3.05) is 7.11 Å². The molecule has 1 aromatic rings. The molecule has 0 radical (unpaired) electrons. The highest BCUT2D eigenvalue weighted by Gasteiger charge is 2.54. The molecule has 22 heavy (non-hydrogen) atoms. The van der Waals surface area contributed by atoms with Crippen molar-refractivity contribution in [2.45, 2.75) is 58.1 Å². The van der Waals surface area contributed by atoms with Crippen LogP contribution >= 0.6 is 0 Å². The summed E-state index contributed by atoms with van der Waals surface area (Å²) in [5, 5.41) is 0. The third kappa shape index (κ3) is 3.36. The third-order valence-electron chi connectivity index (χ3n) is 4.72. The van der Waals surface area contributed by atoms with E-state index >= 15 is 0 Å². The maximum atomic E-state index is 11.8. The van der Waals surface area contributed by atoms with Gasteiger partial charge in [-0.1, -0.05) is 29.8 Å². The minimum Gasteiger partial charge on any atom is -0.469 e. The van der Waals surface area contributed by atoms with Gasteiger partial charge < -0.3 is 14.0 Å². The van der Waals surface area contributed by atoms with Crippen LogP contribution in [0, 0.1) is 6.92 Å². The van der Waals surface area contributed by atoms with Gasteiger partial charge in [0.2, 0.25) is 0 Å². The predicted molar refractivity (Wildman–Crippen MR) is 86.6 cm³/mol. The van der Waals surface area contributed by atoms with E-state index in [1.165, 1.54) is 12.7 Å². The number of benzene rings is 1. The quantitative estimate of drug-likeness (QED) is 0.632. The molecule has 1 fully saturated rings. The molecule has 0 aromatic heterocycles. The van der Waals surface area contributed by atoms with Crippen LogP contribution in [0.5, 0.6) is 0 Å². The summed E-state index contributed by atoms with van der Waals surface area (Å²) in [7, 11) is 0.936. The summed E-state index contributed by atoms with van der Waals surface area (Å²) in [6, 6.07) is 8.11. The molecule has 2 rings (SSSR count). The fourth-order valence-corrected chi connectivity index (χ4v) is 2.50. The zero-order valence-corrected chi connectivity index (χ0v) is 14.3. The van der Waals surface area contributed by atoms with Crippen molar-refractivity contribution in [3.8, 4) is 0 Å². The topological polar surface area (TPSA) is 44.8 Å². The Hall–Kier alpha value is -1.33. The number of aryl methyl sites for hydroxylation is 1. The normalized spacial score (nSPS) is 20.7. The molecule has 0 aliphatic carbocycles. The van der Waals surface area contributed by atoms with Gasteiger partial charge in [-0.2, -0.15) is 0 Å². The van der Waals surface area contributed by atoms with Gasteiger partial charge in [-0.25, -0.2) is 0 Å². The second-order valence-corrected chi connectivity index (χ2v) is 6.92. The van der Waals surface area contributed by atoms with Crippen LogP contribution in [0.1, 0.15) is 51.1 Å². The summed E-state index contributed by atoms with van der Waals surface area (Å²) >= 11 is 0. The maximum absolute atomic E-state index is 11.8. The van der Waals surface area contributed by atoms with Crippen LogP contribution in [0.15, 0.2) is 24.3 Å². The zero-order valence-electron chi connectivity index (χ0n) is 14.3. The van der Waals surface area contributed by atoms with E-state index in [9.17, 15) is 4.79 Å². The number of carbonyl (C=O) groups is 1. The summed E-state index contributed by atoms with van der Waals surface area (Å²) in [5.41, 5.74) is 1.36. The molecule has 1 atom stereocenters. The van der Waals surface area contributed by atoms with E-state index in [-0.39, 0.29) is 18.2 Å². The first-order chi connectivity index (χ1) is 10.2. The molecule has 120 valence electrons. The lowest BCUT2D eigenvalue weighted by Gasteiger charge is -2.32. The van der Waals surface area contributed by atoms with Crippen LogP contribution in [-0.2, 0) is 18.8 Å². The second kappa shape index (κ2) is 6.05. The Morgan fingerprint density at radius 1 is 1.14 bits per heavy atom. The zero-order chi connectivity index (χ0) is 16.5. The van der Waals surface area contributed by atoms with Gasteiger partial charge in [-0.15, -0.1) is 0 Å². The first-order valence-corrected chi connectivity index (χ1v) is 7.65. The van der Waals surface area contributed by atoms with E-state index in [0.717, 1.165) is 5.56 Å². The number of methoxy groups -OCH3 is 1. The SMILES string of the molecule is COC(=O)CC(B1OC(C)(C)C(C)(C)O1)c1ccc(C)cc1. The van der Waals surface area contributed by atoms with Gasteiger partial charge in [0.05, 0.1) is 24.7 Å². The molecule has 1 unspecified atom stereocenters. The fraction of sp³-hybridized carbons (Fsp3) is 0.588. The van der Waals surface area contributed by atoms with E-state index < -0.39 is 18.3 Å². The molecule has 0 bridgehead atoms. The summed E-state index contributed by atoms with van der Waals surface area (Å²) in [4.78, 5) is 11.8. The number of hydrogen-bond acceptors (Lipinski definition) is 4. The largest absolute Gasteiger partial charge is 0.469 e. The lowest BCUT2D eigenvalue weighted by Crippen LogP contribution is -2.41. The minimum atomic E-state index is -0.466. The number of carbonyl (C=O) groups excluding carboxylic acids is 1. The monoisotopic (exact) mass is 304 g/mol. The molecule has 5 heteroatoms. The molecule has 0 spiro atoms. The van der Waals surface area contributed by atoms with E-state index in [4.69, 9.17) is 14.0 Å². The van der Waals surface area contributed by atoms with Gasteiger partial charge in [0.25, 0.3) is 0 Å². The van der Waals surface area contributed by atoms with Crippen molar-refractivity contribution in [1.82, 2.24) is 0 Å². The van der Waals surface area contributed by atoms with E-state index in [1.807, 2.05) is 58.9 Å². The molecule has 4 nitrogen and oxygen atoms in total. The molecule has 0 saturated carbocycles. The Morgan fingerprint density at radius 2 is 1.64 bits per heavy atom. The van der Waals surface area contributed by atoms with Crippen molar-refractivity contribution in [3.05, 3.63) is 35.4 Å². The van der Waals surface area contributed by atoms with Gasteiger partial charge in [0, 0.05) is 5.82 Å². The van der Waals surface area contributed by atoms with E-state index in [0.29, 0.717) is 0 Å². The van der Waals surface area contributed by atoms with Crippen molar-refractivity contribution < 1.29 is 18.8 Å². The molecule has 0 amide bonds. The molecule has 1 aliphatic rings. The average Bonchev–Trinajstić information content (AvgIpc) is 2.65. The van der Waals surface area contributed by atoms with Crippen LogP contribution in [0.4, 0.5) is 0 Å². The number of esters is 1. The van der Waals surface area contributed by atoms with Gasteiger partial charge in [0.1, 0.15) is 0 Å². The predicted octanol–water partition coefficient (Wildman–Crippen LogP) is 3.27. The van der Waals surface area contributed by atoms with E-state index in [2.05, 4.69) is 0 Å². The Kier molecular flexibility index (Phi) is 4.69. The molecule has 1 aromatic carbocycles. The molecule has 1 heterocycles. The maximum Gasteiger partial charge on any atom is 0.466 e. The van der Waals surface area contributed by atoms with Crippen LogP contribution in [0.2, 0.25) is 0 Å². The van der Waals surface area contributed by atoms with Crippen molar-refractivity contribution in [2.24, 2.45) is 0 Å². The highest BCUT2D eigenvalue weighted by Crippen LogP contribution is 2.41. The van der Waals surface area contributed by atoms with Crippen LogP contribution in [-0.4, -0.2) is 31.4 Å². The summed E-state index contributed by atoms with van der Waals surface area (Å²) < 4.78 is 17.1. The average molecular weight is 304 g/mol. The first-order valence-electron chi connectivity index (χ1n) is 7.65. The standard InChI is InChI=1S/C17H25BO4/c1-12-7-9-13(10-8-12)14(11-15(19)20-6)18-21-16(2,3)17(4,5)22-18/h7-10,14H,11H2,1-6H3. The van der Waals surface area contributed by atoms with Crippen LogP contribution in [0.3, 0.4) is 0 Å². The Morgan fingerprint density at radius 3 is 2.09 bits per heavy atom. The minimum absolute atomic E-state index is 0.186. The summed E-state index contributed by atoms with van der Waals surface area (Å²) in [5.74, 6) is -0.450. The Labute approximate surface area is 133 Å². The summed E-state index contributed by atoms with van der Waals surface area (Å²) in [6.07, 6.45) is 0.233. The highest BCUT2D eigenvalue weighted by molar-refractivity contribution is 6.48. The van der Waals surface area contributed by atoms with Crippen LogP contribution in [0.25, 0.3) is 0 Å². The molecular weight excluding hydrogens is 279 g/mol. The first kappa shape index (κ1) is 17.0. The van der Waals surface area contributed by atoms with Gasteiger partial charge in [-0.05, 0) is 40.2 Å². The van der Waals surface area contributed by atoms with Crippen molar-refractivity contribution in [1.29, 1.82) is 0 Å². The summed E-state index contributed by atoms with van der Waals surface area (Å²) in [6.45, 7) is 10.1. The lowest BCUT2D eigenvalue weighted by atomic mass is 9.66. The van der Waals surface area contributed by atoms with Gasteiger partial charge in [0.15, 0.2) is 0 Å². The van der Waals surface area contributed by atoms with Crippen LogP contribution < -0.4 is 0 Å². The van der Waals surface area contributed by atoms with E-state index in [1.54, 1.807) is 0 Å². The Bertz CT molecular complexity index is 520. The third-order valence-corrected chi connectivity index (χ3v) is 4.72. The fourth-order valence-electron chi connectivity index (χ4n) is 2.50. The smallest absolute Gasteiger partial charge is 0.466 e.